The number of ether oxygens (including phenoxy) is 2. The van der Waals surface area contributed by atoms with E-state index >= 15 is 0 Å². The lowest BCUT2D eigenvalue weighted by Crippen LogP contribution is -2.31. The molecule has 2 N–H and O–H groups in total. The van der Waals surface area contributed by atoms with Crippen molar-refractivity contribution in [2.45, 2.75) is 18.2 Å². The summed E-state index contributed by atoms with van der Waals surface area (Å²) in [5.41, 5.74) is 1.15. The van der Waals surface area contributed by atoms with Crippen molar-refractivity contribution in [2.75, 3.05) is 20.3 Å². The van der Waals surface area contributed by atoms with Crippen molar-refractivity contribution in [1.82, 2.24) is 15.0 Å². The van der Waals surface area contributed by atoms with Crippen molar-refractivity contribution in [3.05, 3.63) is 89.2 Å². The molecule has 0 aliphatic carbocycles. The number of rotatable bonds is 10. The Hall–Kier alpha value is -4.25. The Kier molecular flexibility index (Phi) is 8.74. The first-order chi connectivity index (χ1) is 17.2. The van der Waals surface area contributed by atoms with Gasteiger partial charge in [0.25, 0.3) is 21.8 Å². The topological polar surface area (TPSA) is 141 Å². The molecule has 1 heterocycles. The summed E-state index contributed by atoms with van der Waals surface area (Å²) in [6, 6.07) is 15.2. The largest absolute Gasteiger partial charge is 0.496 e. The van der Waals surface area contributed by atoms with Gasteiger partial charge >= 0.3 is 5.97 Å². The van der Waals surface area contributed by atoms with Gasteiger partial charge in [-0.25, -0.2) is 22.9 Å². The van der Waals surface area contributed by atoms with E-state index in [9.17, 15) is 22.8 Å². The van der Waals surface area contributed by atoms with Gasteiger partial charge in [-0.3, -0.25) is 9.59 Å². The van der Waals surface area contributed by atoms with Gasteiger partial charge in [0, 0.05) is 18.3 Å². The second kappa shape index (κ2) is 11.9. The Morgan fingerprint density at radius 2 is 1.61 bits per heavy atom. The summed E-state index contributed by atoms with van der Waals surface area (Å²) < 4.78 is 37.3. The second-order valence-electron chi connectivity index (χ2n) is 7.43. The number of carbonyl (C=O) groups is 3. The fourth-order valence-corrected chi connectivity index (χ4v) is 4.18. The molecule has 0 spiro atoms. The van der Waals surface area contributed by atoms with Crippen LogP contribution in [0.1, 0.15) is 43.7 Å². The van der Waals surface area contributed by atoms with Gasteiger partial charge in [0.1, 0.15) is 11.4 Å². The molecular weight excluding hydrogens is 486 g/mol. The van der Waals surface area contributed by atoms with Crippen LogP contribution in [-0.4, -0.2) is 51.4 Å². The highest BCUT2D eigenvalue weighted by molar-refractivity contribution is 7.90. The van der Waals surface area contributed by atoms with Crippen LogP contribution in [0.4, 0.5) is 0 Å². The van der Waals surface area contributed by atoms with Crippen molar-refractivity contribution in [1.29, 1.82) is 0 Å². The standard InChI is InChI=1S/C25H25N3O7S/c1-3-35-25(31)21-13-10-19(16-27-21)24(30)28-36(32,33)20-11-8-18(9-12-20)23(29)26-15-14-17-6-4-5-7-22(17)34-2/h4-13,16H,3,14-15H2,1-2H3,(H,26,29)(H,28,30). The molecule has 11 heteroatoms. The van der Waals surface area contributed by atoms with E-state index < -0.39 is 21.9 Å². The molecule has 0 fully saturated rings. The Labute approximate surface area is 208 Å². The van der Waals surface area contributed by atoms with E-state index in [0.717, 1.165) is 17.5 Å². The molecule has 0 unspecified atom stereocenters. The van der Waals surface area contributed by atoms with Gasteiger partial charge in [0.15, 0.2) is 0 Å². The summed E-state index contributed by atoms with van der Waals surface area (Å²) in [5, 5.41) is 2.78. The van der Waals surface area contributed by atoms with E-state index in [4.69, 9.17) is 9.47 Å². The lowest BCUT2D eigenvalue weighted by molar-refractivity contribution is 0.0519. The number of nitrogens with one attached hydrogen (secondary N) is 2. The summed E-state index contributed by atoms with van der Waals surface area (Å²) in [4.78, 5) is 40.1. The molecule has 0 aliphatic heterocycles. The first kappa shape index (κ1) is 26.4. The number of pyridine rings is 1. The minimum atomic E-state index is -4.21. The molecule has 0 saturated carbocycles. The molecule has 3 rings (SSSR count). The van der Waals surface area contributed by atoms with Crippen molar-refractivity contribution in [2.24, 2.45) is 0 Å². The first-order valence-corrected chi connectivity index (χ1v) is 12.4. The Morgan fingerprint density at radius 3 is 2.25 bits per heavy atom. The number of para-hydroxylation sites is 1. The van der Waals surface area contributed by atoms with Crippen molar-refractivity contribution in [3.63, 3.8) is 0 Å². The Bertz CT molecular complexity index is 1340. The lowest BCUT2D eigenvalue weighted by Gasteiger charge is -2.10. The summed E-state index contributed by atoms with van der Waals surface area (Å²) in [5.74, 6) is -1.21. The van der Waals surface area contributed by atoms with Crippen LogP contribution in [0.25, 0.3) is 0 Å². The number of amides is 2. The van der Waals surface area contributed by atoms with E-state index in [1.54, 1.807) is 14.0 Å². The Balaban J connectivity index is 1.59. The van der Waals surface area contributed by atoms with Crippen LogP contribution in [0.5, 0.6) is 5.75 Å². The van der Waals surface area contributed by atoms with E-state index in [1.807, 2.05) is 29.0 Å². The maximum Gasteiger partial charge on any atom is 0.356 e. The molecule has 1 aromatic heterocycles. The van der Waals surface area contributed by atoms with Crippen molar-refractivity contribution in [3.8, 4) is 5.75 Å². The predicted octanol–water partition coefficient (Wildman–Crippen LogP) is 2.36. The maximum absolute atomic E-state index is 12.6. The van der Waals surface area contributed by atoms with Gasteiger partial charge in [-0.2, -0.15) is 0 Å². The first-order valence-electron chi connectivity index (χ1n) is 11.0. The van der Waals surface area contributed by atoms with Gasteiger partial charge in [-0.05, 0) is 61.4 Å². The molecule has 3 aromatic rings. The van der Waals surface area contributed by atoms with E-state index in [1.165, 1.54) is 36.4 Å². The molecule has 2 aromatic carbocycles. The third-order valence-electron chi connectivity index (χ3n) is 5.04. The van der Waals surface area contributed by atoms with Crippen LogP contribution >= 0.6 is 0 Å². The zero-order chi connectivity index (χ0) is 26.1. The van der Waals surface area contributed by atoms with Gasteiger partial charge in [-0.15, -0.1) is 0 Å². The minimum Gasteiger partial charge on any atom is -0.496 e. The number of carbonyl (C=O) groups excluding carboxylic acids is 3. The molecule has 0 atom stereocenters. The number of sulfonamides is 1. The SMILES string of the molecule is CCOC(=O)c1ccc(C(=O)NS(=O)(=O)c2ccc(C(=O)NCCc3ccccc3OC)cc2)cn1. The molecule has 2 amide bonds. The average molecular weight is 512 g/mol. The van der Waals surface area contributed by atoms with Crippen LogP contribution in [0, 0.1) is 0 Å². The fourth-order valence-electron chi connectivity index (χ4n) is 3.20. The number of aromatic nitrogens is 1. The Morgan fingerprint density at radius 1 is 0.917 bits per heavy atom. The predicted molar refractivity (Wildman–Crippen MR) is 130 cm³/mol. The molecule has 0 aliphatic rings. The number of esters is 1. The second-order valence-corrected chi connectivity index (χ2v) is 9.11. The van der Waals surface area contributed by atoms with E-state index in [0.29, 0.717) is 13.0 Å². The van der Waals surface area contributed by atoms with Crippen LogP contribution in [0.2, 0.25) is 0 Å². The van der Waals surface area contributed by atoms with Crippen LogP contribution in [0.3, 0.4) is 0 Å². The highest BCUT2D eigenvalue weighted by Gasteiger charge is 2.20. The summed E-state index contributed by atoms with van der Waals surface area (Å²) in [6.45, 7) is 2.18. The summed E-state index contributed by atoms with van der Waals surface area (Å²) in [6.07, 6.45) is 1.64. The average Bonchev–Trinajstić information content (AvgIpc) is 2.89. The van der Waals surface area contributed by atoms with Crippen molar-refractivity contribution < 1.29 is 32.3 Å². The summed E-state index contributed by atoms with van der Waals surface area (Å²) in [7, 11) is -2.63. The van der Waals surface area contributed by atoms with E-state index in [-0.39, 0.29) is 34.2 Å². The van der Waals surface area contributed by atoms with Gasteiger partial charge < -0.3 is 14.8 Å². The molecule has 10 nitrogen and oxygen atoms in total. The zero-order valence-corrected chi connectivity index (χ0v) is 20.5. The number of nitrogens with zero attached hydrogens (tertiary/aromatic N) is 1. The van der Waals surface area contributed by atoms with E-state index in [2.05, 4.69) is 10.3 Å². The van der Waals surface area contributed by atoms with Gasteiger partial charge in [0.05, 0.1) is 24.2 Å². The van der Waals surface area contributed by atoms with Crippen molar-refractivity contribution >= 4 is 27.8 Å². The van der Waals surface area contributed by atoms with Crippen LogP contribution in [0.15, 0.2) is 71.8 Å². The smallest absolute Gasteiger partial charge is 0.356 e. The number of methoxy groups -OCH3 is 1. The van der Waals surface area contributed by atoms with Crippen LogP contribution < -0.4 is 14.8 Å². The molecule has 36 heavy (non-hydrogen) atoms. The quantitative estimate of drug-likeness (QED) is 0.395. The summed E-state index contributed by atoms with van der Waals surface area (Å²) >= 11 is 0. The third-order valence-corrected chi connectivity index (χ3v) is 6.38. The number of hydrogen-bond acceptors (Lipinski definition) is 8. The molecule has 0 saturated heterocycles. The highest BCUT2D eigenvalue weighted by atomic mass is 32.2. The minimum absolute atomic E-state index is 0.00646. The normalized spacial score (nSPS) is 10.8. The highest BCUT2D eigenvalue weighted by Crippen LogP contribution is 2.17. The lowest BCUT2D eigenvalue weighted by atomic mass is 10.1. The molecule has 188 valence electrons. The molecule has 0 radical (unpaired) electrons. The molecule has 0 bridgehead atoms. The number of hydrogen-bond donors (Lipinski definition) is 2. The maximum atomic E-state index is 12.6. The third kappa shape index (κ3) is 6.66. The molecular formula is C25H25N3O7S. The number of benzene rings is 2. The monoisotopic (exact) mass is 511 g/mol. The fraction of sp³-hybridized carbons (Fsp3) is 0.200. The van der Waals surface area contributed by atoms with Gasteiger partial charge in [0.2, 0.25) is 0 Å². The van der Waals surface area contributed by atoms with Crippen LogP contribution in [-0.2, 0) is 21.2 Å². The zero-order valence-electron chi connectivity index (χ0n) is 19.7. The van der Waals surface area contributed by atoms with Gasteiger partial charge in [-0.1, -0.05) is 18.2 Å².